The molecule has 0 fully saturated rings. The lowest BCUT2D eigenvalue weighted by atomic mass is 10.1. The van der Waals surface area contributed by atoms with Gasteiger partial charge in [0.05, 0.1) is 26.3 Å². The Kier molecular flexibility index (Phi) is 8.65. The third kappa shape index (κ3) is 7.06. The van der Waals surface area contributed by atoms with E-state index < -0.39 is 11.7 Å². The minimum Gasteiger partial charge on any atom is -0.493 e. The fourth-order valence-electron chi connectivity index (χ4n) is 2.75. The predicted octanol–water partition coefficient (Wildman–Crippen LogP) is 3.87. The van der Waals surface area contributed by atoms with Gasteiger partial charge in [-0.05, 0) is 55.2 Å². The lowest BCUT2D eigenvalue weighted by Crippen LogP contribution is -2.38. The molecule has 2 amide bonds. The summed E-state index contributed by atoms with van der Waals surface area (Å²) in [6, 6.07) is 10.5. The van der Waals surface area contributed by atoms with E-state index in [0.717, 1.165) is 18.1 Å². The number of rotatable bonds is 10. The minimum absolute atomic E-state index is 0.161. The lowest BCUT2D eigenvalue weighted by molar-refractivity contribution is -0.120. The normalized spacial score (nSPS) is 11.7. The molecule has 0 bridgehead atoms. The summed E-state index contributed by atoms with van der Waals surface area (Å²) >= 11 is 0. The van der Waals surface area contributed by atoms with Crippen LogP contribution in [0.1, 0.15) is 49.2 Å². The molecule has 0 radical (unpaired) electrons. The largest absolute Gasteiger partial charge is 0.493 e. The first kappa shape index (κ1) is 23.2. The molecule has 1 unspecified atom stereocenters. The number of halogens is 1. The summed E-state index contributed by atoms with van der Waals surface area (Å²) in [6.45, 7) is 6.49. The second-order valence-corrected chi connectivity index (χ2v) is 7.42. The molecule has 162 valence electrons. The van der Waals surface area contributed by atoms with Crippen LogP contribution >= 0.6 is 0 Å². The van der Waals surface area contributed by atoms with Gasteiger partial charge in [-0.1, -0.05) is 26.0 Å². The van der Waals surface area contributed by atoms with Gasteiger partial charge < -0.3 is 20.1 Å². The molecule has 0 aliphatic heterocycles. The molecule has 6 nitrogen and oxygen atoms in total. The smallest absolute Gasteiger partial charge is 0.251 e. The first-order valence-electron chi connectivity index (χ1n) is 9.94. The van der Waals surface area contributed by atoms with Gasteiger partial charge in [-0.15, -0.1) is 0 Å². The number of hydrogen-bond donors (Lipinski definition) is 2. The maximum Gasteiger partial charge on any atom is 0.251 e. The van der Waals surface area contributed by atoms with Crippen LogP contribution in [0.2, 0.25) is 0 Å². The molecule has 2 N–H and O–H groups in total. The van der Waals surface area contributed by atoms with Gasteiger partial charge >= 0.3 is 0 Å². The van der Waals surface area contributed by atoms with Crippen molar-refractivity contribution in [2.45, 2.75) is 33.2 Å². The highest BCUT2D eigenvalue weighted by Crippen LogP contribution is 2.30. The van der Waals surface area contributed by atoms with Crippen molar-refractivity contribution in [1.29, 1.82) is 0 Å². The highest BCUT2D eigenvalue weighted by molar-refractivity contribution is 5.96. The minimum atomic E-state index is -0.512. The maximum absolute atomic E-state index is 13.2. The topological polar surface area (TPSA) is 76.7 Å². The number of carbonyl (C=O) groups is 2. The maximum atomic E-state index is 13.2. The zero-order valence-electron chi connectivity index (χ0n) is 17.8. The molecule has 0 heterocycles. The Hall–Kier alpha value is -3.09. The van der Waals surface area contributed by atoms with Gasteiger partial charge in [-0.2, -0.15) is 0 Å². The third-order valence-corrected chi connectivity index (χ3v) is 4.51. The number of hydrogen-bond acceptors (Lipinski definition) is 4. The van der Waals surface area contributed by atoms with Gasteiger partial charge in [-0.25, -0.2) is 4.39 Å². The molecule has 2 aromatic carbocycles. The Bertz CT molecular complexity index is 870. The summed E-state index contributed by atoms with van der Waals surface area (Å²) in [4.78, 5) is 24.2. The van der Waals surface area contributed by atoms with E-state index in [2.05, 4.69) is 24.5 Å². The van der Waals surface area contributed by atoms with Gasteiger partial charge in [0.15, 0.2) is 11.5 Å². The Labute approximate surface area is 176 Å². The van der Waals surface area contributed by atoms with Crippen LogP contribution in [-0.4, -0.2) is 32.1 Å². The zero-order chi connectivity index (χ0) is 22.1. The Morgan fingerprint density at radius 2 is 1.83 bits per heavy atom. The van der Waals surface area contributed by atoms with E-state index in [0.29, 0.717) is 24.0 Å². The first-order chi connectivity index (χ1) is 14.3. The molecular formula is C23H29FN2O4. The van der Waals surface area contributed by atoms with Crippen molar-refractivity contribution in [1.82, 2.24) is 10.6 Å². The van der Waals surface area contributed by atoms with Crippen LogP contribution in [0.4, 0.5) is 4.39 Å². The van der Waals surface area contributed by atoms with Gasteiger partial charge in [-0.3, -0.25) is 9.59 Å². The van der Waals surface area contributed by atoms with Gasteiger partial charge in [0.1, 0.15) is 5.82 Å². The highest BCUT2D eigenvalue weighted by atomic mass is 19.1. The van der Waals surface area contributed by atoms with Crippen LogP contribution in [-0.2, 0) is 4.79 Å². The molecular weight excluding hydrogens is 387 g/mol. The molecule has 0 saturated heterocycles. The van der Waals surface area contributed by atoms with Gasteiger partial charge in [0, 0.05) is 5.56 Å². The van der Waals surface area contributed by atoms with E-state index in [4.69, 9.17) is 9.47 Å². The van der Waals surface area contributed by atoms with Crippen molar-refractivity contribution < 1.29 is 23.5 Å². The number of methoxy groups -OCH3 is 1. The zero-order valence-corrected chi connectivity index (χ0v) is 17.8. The van der Waals surface area contributed by atoms with E-state index in [1.165, 1.54) is 18.2 Å². The van der Waals surface area contributed by atoms with E-state index in [1.54, 1.807) is 7.11 Å². The van der Waals surface area contributed by atoms with Crippen LogP contribution < -0.4 is 20.1 Å². The SMILES string of the molecule is COc1cc(C(C)NC(=O)CNC(=O)c2cccc(F)c2)ccc1OCCC(C)C. The van der Waals surface area contributed by atoms with Crippen molar-refractivity contribution in [2.24, 2.45) is 5.92 Å². The van der Waals surface area contributed by atoms with Crippen molar-refractivity contribution in [3.8, 4) is 11.5 Å². The number of ether oxygens (including phenoxy) is 2. The molecule has 0 aromatic heterocycles. The van der Waals surface area contributed by atoms with Crippen molar-refractivity contribution in [3.63, 3.8) is 0 Å². The quantitative estimate of drug-likeness (QED) is 0.617. The van der Waals surface area contributed by atoms with Crippen molar-refractivity contribution >= 4 is 11.8 Å². The van der Waals surface area contributed by atoms with Crippen LogP contribution in [0, 0.1) is 11.7 Å². The molecule has 0 saturated carbocycles. The average Bonchev–Trinajstić information content (AvgIpc) is 2.71. The third-order valence-electron chi connectivity index (χ3n) is 4.51. The molecule has 0 spiro atoms. The standard InChI is InChI=1S/C23H29FN2O4/c1-15(2)10-11-30-20-9-8-17(13-21(20)29-4)16(3)26-22(27)14-25-23(28)18-6-5-7-19(24)12-18/h5-9,12-13,15-16H,10-11,14H2,1-4H3,(H,25,28)(H,26,27). The van der Waals surface area contributed by atoms with Gasteiger partial charge in [0.2, 0.25) is 5.91 Å². The molecule has 0 aliphatic rings. The molecule has 30 heavy (non-hydrogen) atoms. The Balaban J connectivity index is 1.90. The number of nitrogens with one attached hydrogen (secondary N) is 2. The highest BCUT2D eigenvalue weighted by Gasteiger charge is 2.14. The fourth-order valence-corrected chi connectivity index (χ4v) is 2.75. The lowest BCUT2D eigenvalue weighted by Gasteiger charge is -2.18. The van der Waals surface area contributed by atoms with Crippen LogP contribution in [0.5, 0.6) is 11.5 Å². The Morgan fingerprint density at radius 1 is 1.07 bits per heavy atom. The van der Waals surface area contributed by atoms with E-state index in [-0.39, 0.29) is 24.1 Å². The summed E-state index contributed by atoms with van der Waals surface area (Å²) in [5, 5.41) is 5.30. The fraction of sp³-hybridized carbons (Fsp3) is 0.391. The monoisotopic (exact) mass is 416 g/mol. The first-order valence-corrected chi connectivity index (χ1v) is 9.94. The summed E-state index contributed by atoms with van der Waals surface area (Å²) in [6.07, 6.45) is 0.943. The van der Waals surface area contributed by atoms with Crippen LogP contribution in [0.3, 0.4) is 0 Å². The van der Waals surface area contributed by atoms with Crippen molar-refractivity contribution in [3.05, 3.63) is 59.4 Å². The predicted molar refractivity (Wildman–Crippen MR) is 113 cm³/mol. The van der Waals surface area contributed by atoms with Crippen LogP contribution in [0.15, 0.2) is 42.5 Å². The number of benzene rings is 2. The number of carbonyl (C=O) groups excluding carboxylic acids is 2. The molecule has 2 aromatic rings. The summed E-state index contributed by atoms with van der Waals surface area (Å²) in [5.74, 6) is 0.420. The molecule has 1 atom stereocenters. The average molecular weight is 416 g/mol. The van der Waals surface area contributed by atoms with Crippen LogP contribution in [0.25, 0.3) is 0 Å². The number of amides is 2. The molecule has 7 heteroatoms. The van der Waals surface area contributed by atoms with E-state index in [1.807, 2.05) is 25.1 Å². The second kappa shape index (κ2) is 11.2. The second-order valence-electron chi connectivity index (χ2n) is 7.42. The van der Waals surface area contributed by atoms with E-state index >= 15 is 0 Å². The Morgan fingerprint density at radius 3 is 2.50 bits per heavy atom. The van der Waals surface area contributed by atoms with E-state index in [9.17, 15) is 14.0 Å². The van der Waals surface area contributed by atoms with Crippen molar-refractivity contribution in [2.75, 3.05) is 20.3 Å². The molecule has 2 rings (SSSR count). The van der Waals surface area contributed by atoms with Gasteiger partial charge in [0.25, 0.3) is 5.91 Å². The summed E-state index contributed by atoms with van der Waals surface area (Å²) in [5.41, 5.74) is 1.00. The molecule has 0 aliphatic carbocycles. The summed E-state index contributed by atoms with van der Waals surface area (Å²) in [7, 11) is 1.57. The summed E-state index contributed by atoms with van der Waals surface area (Å²) < 4.78 is 24.4.